The molecule has 0 aliphatic carbocycles. The van der Waals surface area contributed by atoms with Crippen LogP contribution in [0.25, 0.3) is 0 Å². The molecule has 1 aromatic rings. The van der Waals surface area contributed by atoms with Gasteiger partial charge in [-0.25, -0.2) is 0 Å². The van der Waals surface area contributed by atoms with Crippen LogP contribution in [0.5, 0.6) is 0 Å². The largest absolute Gasteiger partial charge is 0.366 e. The molecule has 6 nitrogen and oxygen atoms in total. The molecule has 0 saturated carbocycles. The third-order valence-electron chi connectivity index (χ3n) is 5.96. The first-order valence-corrected chi connectivity index (χ1v) is 10.7. The molecule has 2 N–H and O–H groups in total. The first-order chi connectivity index (χ1) is 13.6. The summed E-state index contributed by atoms with van der Waals surface area (Å²) >= 11 is 0. The standard InChI is InChI=1S/C22H35N5O/c1-4-24-22(26-12-9-18(10-13-26)15-21(28)23-3)25-16-17(2)27-14-11-19-7-5-6-8-20(19)27/h5-8,17-18H,4,9-16H2,1-3H3,(H,23,28)(H,24,25). The van der Waals surface area contributed by atoms with E-state index in [2.05, 4.69) is 58.5 Å². The van der Waals surface area contributed by atoms with E-state index in [0.717, 1.165) is 57.9 Å². The maximum absolute atomic E-state index is 11.6. The van der Waals surface area contributed by atoms with Crippen molar-refractivity contribution in [3.8, 4) is 0 Å². The maximum Gasteiger partial charge on any atom is 0.220 e. The second-order valence-corrected chi connectivity index (χ2v) is 7.92. The van der Waals surface area contributed by atoms with Crippen LogP contribution in [0.3, 0.4) is 0 Å². The van der Waals surface area contributed by atoms with Crippen molar-refractivity contribution in [2.45, 2.75) is 45.6 Å². The van der Waals surface area contributed by atoms with Gasteiger partial charge in [-0.3, -0.25) is 9.79 Å². The number of nitrogens with zero attached hydrogens (tertiary/aromatic N) is 3. The molecule has 1 unspecified atom stereocenters. The lowest BCUT2D eigenvalue weighted by Crippen LogP contribution is -2.46. The molecule has 3 rings (SSSR count). The second-order valence-electron chi connectivity index (χ2n) is 7.92. The predicted molar refractivity (Wildman–Crippen MR) is 116 cm³/mol. The zero-order valence-corrected chi connectivity index (χ0v) is 17.6. The quantitative estimate of drug-likeness (QED) is 0.582. The summed E-state index contributed by atoms with van der Waals surface area (Å²) in [6, 6.07) is 9.09. The summed E-state index contributed by atoms with van der Waals surface area (Å²) in [5.74, 6) is 1.65. The van der Waals surface area contributed by atoms with Gasteiger partial charge in [-0.05, 0) is 50.7 Å². The Morgan fingerprint density at radius 1 is 1.25 bits per heavy atom. The van der Waals surface area contributed by atoms with Gasteiger partial charge in [-0.15, -0.1) is 0 Å². The van der Waals surface area contributed by atoms with Crippen LogP contribution in [0.1, 0.15) is 38.7 Å². The van der Waals surface area contributed by atoms with E-state index < -0.39 is 0 Å². The molecule has 1 saturated heterocycles. The summed E-state index contributed by atoms with van der Waals surface area (Å²) in [5, 5.41) is 6.20. The Hall–Kier alpha value is -2.24. The smallest absolute Gasteiger partial charge is 0.220 e. The Kier molecular flexibility index (Phi) is 7.18. The summed E-state index contributed by atoms with van der Waals surface area (Å²) in [5.41, 5.74) is 2.81. The molecule has 28 heavy (non-hydrogen) atoms. The molecule has 1 amide bonds. The fourth-order valence-electron chi connectivity index (χ4n) is 4.28. The van der Waals surface area contributed by atoms with E-state index in [1.165, 1.54) is 11.3 Å². The molecular formula is C22H35N5O. The van der Waals surface area contributed by atoms with Gasteiger partial charge in [0.1, 0.15) is 0 Å². The van der Waals surface area contributed by atoms with E-state index in [1.807, 2.05) is 0 Å². The third-order valence-corrected chi connectivity index (χ3v) is 5.96. The van der Waals surface area contributed by atoms with Crippen molar-refractivity contribution in [3.05, 3.63) is 29.8 Å². The zero-order chi connectivity index (χ0) is 19.9. The number of hydrogen-bond acceptors (Lipinski definition) is 3. The van der Waals surface area contributed by atoms with Crippen LogP contribution in [0.15, 0.2) is 29.3 Å². The lowest BCUT2D eigenvalue weighted by Gasteiger charge is -2.34. The van der Waals surface area contributed by atoms with Gasteiger partial charge in [0.25, 0.3) is 0 Å². The topological polar surface area (TPSA) is 60.0 Å². The average molecular weight is 386 g/mol. The van der Waals surface area contributed by atoms with Crippen molar-refractivity contribution in [2.75, 3.05) is 44.7 Å². The number of hydrogen-bond donors (Lipinski definition) is 2. The third kappa shape index (κ3) is 4.97. The van der Waals surface area contributed by atoms with Crippen LogP contribution in [0.2, 0.25) is 0 Å². The summed E-state index contributed by atoms with van der Waals surface area (Å²) in [6.07, 6.45) is 3.87. The Morgan fingerprint density at radius 3 is 2.71 bits per heavy atom. The number of likely N-dealkylation sites (tertiary alicyclic amines) is 1. The van der Waals surface area contributed by atoms with Crippen LogP contribution in [0.4, 0.5) is 5.69 Å². The van der Waals surface area contributed by atoms with Crippen molar-refractivity contribution in [1.29, 1.82) is 0 Å². The van der Waals surface area contributed by atoms with Gasteiger partial charge in [-0.2, -0.15) is 0 Å². The van der Waals surface area contributed by atoms with Gasteiger partial charge in [0.2, 0.25) is 5.91 Å². The van der Waals surface area contributed by atoms with E-state index >= 15 is 0 Å². The number of carbonyl (C=O) groups is 1. The van der Waals surface area contributed by atoms with E-state index in [-0.39, 0.29) is 5.91 Å². The highest BCUT2D eigenvalue weighted by molar-refractivity contribution is 5.80. The summed E-state index contributed by atoms with van der Waals surface area (Å²) < 4.78 is 0. The van der Waals surface area contributed by atoms with E-state index in [0.29, 0.717) is 18.4 Å². The monoisotopic (exact) mass is 385 g/mol. The highest BCUT2D eigenvalue weighted by atomic mass is 16.1. The molecular weight excluding hydrogens is 350 g/mol. The van der Waals surface area contributed by atoms with Crippen molar-refractivity contribution in [1.82, 2.24) is 15.5 Å². The molecule has 2 aliphatic heterocycles. The molecule has 0 spiro atoms. The number of fused-ring (bicyclic) bond motifs is 1. The van der Waals surface area contributed by atoms with Crippen LogP contribution in [-0.4, -0.2) is 62.6 Å². The van der Waals surface area contributed by atoms with Crippen molar-refractivity contribution in [3.63, 3.8) is 0 Å². The average Bonchev–Trinajstić information content (AvgIpc) is 3.15. The van der Waals surface area contributed by atoms with Gasteiger partial charge >= 0.3 is 0 Å². The van der Waals surface area contributed by atoms with Crippen molar-refractivity contribution >= 4 is 17.6 Å². The van der Waals surface area contributed by atoms with Crippen molar-refractivity contribution in [2.24, 2.45) is 10.9 Å². The number of piperidine rings is 1. The first-order valence-electron chi connectivity index (χ1n) is 10.7. The molecule has 2 heterocycles. The lowest BCUT2D eigenvalue weighted by molar-refractivity contribution is -0.121. The molecule has 2 aliphatic rings. The number of rotatable bonds is 6. The highest BCUT2D eigenvalue weighted by Crippen LogP contribution is 2.29. The molecule has 1 fully saturated rings. The second kappa shape index (κ2) is 9.80. The van der Waals surface area contributed by atoms with Gasteiger partial charge in [0.05, 0.1) is 6.54 Å². The first kappa shape index (κ1) is 20.5. The normalized spacial score (nSPS) is 18.8. The molecule has 0 radical (unpaired) electrons. The number of para-hydroxylation sites is 1. The summed E-state index contributed by atoms with van der Waals surface area (Å²) in [7, 11) is 1.72. The Morgan fingerprint density at radius 2 is 2.00 bits per heavy atom. The van der Waals surface area contributed by atoms with E-state index in [4.69, 9.17) is 4.99 Å². The summed E-state index contributed by atoms with van der Waals surface area (Å²) in [6.45, 7) is 9.06. The predicted octanol–water partition coefficient (Wildman–Crippen LogP) is 2.25. The van der Waals surface area contributed by atoms with Gasteiger partial charge in [-0.1, -0.05) is 18.2 Å². The van der Waals surface area contributed by atoms with Crippen molar-refractivity contribution < 1.29 is 4.79 Å². The van der Waals surface area contributed by atoms with Gasteiger partial charge < -0.3 is 20.4 Å². The Bertz CT molecular complexity index is 681. The van der Waals surface area contributed by atoms with Gasteiger partial charge in [0, 0.05) is 51.4 Å². The van der Waals surface area contributed by atoms with Gasteiger partial charge in [0.15, 0.2) is 5.96 Å². The SMILES string of the molecule is CCNC(=NCC(C)N1CCc2ccccc21)N1CCC(CC(=O)NC)CC1. The minimum Gasteiger partial charge on any atom is -0.366 e. The fraction of sp³-hybridized carbons (Fsp3) is 0.636. The number of aliphatic imine (C=N–C) groups is 1. The fourth-order valence-corrected chi connectivity index (χ4v) is 4.28. The number of benzene rings is 1. The number of amides is 1. The zero-order valence-electron chi connectivity index (χ0n) is 17.6. The number of nitrogens with one attached hydrogen (secondary N) is 2. The Balaban J connectivity index is 1.57. The molecule has 1 atom stereocenters. The number of carbonyl (C=O) groups excluding carboxylic acids is 1. The minimum absolute atomic E-state index is 0.152. The lowest BCUT2D eigenvalue weighted by atomic mass is 9.93. The minimum atomic E-state index is 0.152. The van der Waals surface area contributed by atoms with Crippen LogP contribution in [-0.2, 0) is 11.2 Å². The van der Waals surface area contributed by atoms with E-state index in [1.54, 1.807) is 7.05 Å². The summed E-state index contributed by atoms with van der Waals surface area (Å²) in [4.78, 5) is 21.4. The molecule has 1 aromatic carbocycles. The van der Waals surface area contributed by atoms with Crippen LogP contribution >= 0.6 is 0 Å². The highest BCUT2D eigenvalue weighted by Gasteiger charge is 2.25. The van der Waals surface area contributed by atoms with Crippen LogP contribution < -0.4 is 15.5 Å². The van der Waals surface area contributed by atoms with Crippen LogP contribution in [0, 0.1) is 5.92 Å². The molecule has 0 aromatic heterocycles. The molecule has 0 bridgehead atoms. The molecule has 154 valence electrons. The van der Waals surface area contributed by atoms with E-state index in [9.17, 15) is 4.79 Å². The number of anilines is 1. The molecule has 6 heteroatoms. The maximum atomic E-state index is 11.6. The Labute approximate surface area is 169 Å². The number of guanidine groups is 1.